The Morgan fingerprint density at radius 1 is 1.00 bits per heavy atom. The lowest BCUT2D eigenvalue weighted by atomic mass is 9.71. The molecular weight excluding hydrogens is 430 g/mol. The van der Waals surface area contributed by atoms with E-state index >= 15 is 0 Å². The summed E-state index contributed by atoms with van der Waals surface area (Å²) >= 11 is 0. The topological polar surface area (TPSA) is 85.0 Å². The van der Waals surface area contributed by atoms with Gasteiger partial charge in [-0.25, -0.2) is 0 Å². The van der Waals surface area contributed by atoms with E-state index < -0.39 is 6.04 Å². The molecule has 4 saturated heterocycles. The summed E-state index contributed by atoms with van der Waals surface area (Å²) in [4.78, 5) is 43.8. The fourth-order valence-corrected chi connectivity index (χ4v) is 6.75. The Labute approximate surface area is 201 Å². The minimum Gasteiger partial charge on any atom is -0.370 e. The highest BCUT2D eigenvalue weighted by Crippen LogP contribution is 2.45. The van der Waals surface area contributed by atoms with Crippen LogP contribution in [-0.2, 0) is 16.1 Å². The number of anilines is 1. The van der Waals surface area contributed by atoms with Crippen LogP contribution < -0.4 is 15.5 Å². The largest absolute Gasteiger partial charge is 0.370 e. The van der Waals surface area contributed by atoms with Gasteiger partial charge in [-0.15, -0.1) is 0 Å². The van der Waals surface area contributed by atoms with Gasteiger partial charge >= 0.3 is 0 Å². The highest BCUT2D eigenvalue weighted by molar-refractivity contribution is 6.06. The maximum absolute atomic E-state index is 13.1. The van der Waals surface area contributed by atoms with Crippen LogP contribution >= 0.6 is 0 Å². The van der Waals surface area contributed by atoms with Gasteiger partial charge in [0.25, 0.3) is 5.91 Å². The summed E-state index contributed by atoms with van der Waals surface area (Å²) in [5.41, 5.74) is 3.29. The Hall–Kier alpha value is -2.45. The van der Waals surface area contributed by atoms with Crippen LogP contribution in [0.25, 0.3) is 0 Å². The van der Waals surface area contributed by atoms with Crippen LogP contribution in [0.4, 0.5) is 5.69 Å². The Kier molecular flexibility index (Phi) is 5.60. The van der Waals surface area contributed by atoms with Crippen LogP contribution in [0.15, 0.2) is 18.2 Å². The maximum atomic E-state index is 13.1. The fourth-order valence-electron chi connectivity index (χ4n) is 6.75. The van der Waals surface area contributed by atoms with E-state index in [2.05, 4.69) is 26.5 Å². The second-order valence-electron chi connectivity index (χ2n) is 11.1. The van der Waals surface area contributed by atoms with Gasteiger partial charge in [0, 0.05) is 54.8 Å². The molecule has 1 spiro atoms. The highest BCUT2D eigenvalue weighted by Gasteiger charge is 2.47. The predicted octanol–water partition coefficient (Wildman–Crippen LogP) is 1.35. The van der Waals surface area contributed by atoms with Crippen molar-refractivity contribution in [3.05, 3.63) is 29.3 Å². The third kappa shape index (κ3) is 3.90. The van der Waals surface area contributed by atoms with E-state index in [1.54, 1.807) is 4.90 Å². The number of fused-ring (bicyclic) bond motifs is 1. The van der Waals surface area contributed by atoms with Gasteiger partial charge in [0.2, 0.25) is 11.8 Å². The molecule has 0 radical (unpaired) electrons. The highest BCUT2D eigenvalue weighted by atomic mass is 16.2. The first-order valence-corrected chi connectivity index (χ1v) is 13.0. The molecular formula is C26H35N5O3. The van der Waals surface area contributed by atoms with Gasteiger partial charge in [-0.1, -0.05) is 6.07 Å². The van der Waals surface area contributed by atoms with E-state index in [4.69, 9.17) is 0 Å². The first-order chi connectivity index (χ1) is 16.5. The number of hydrogen-bond acceptors (Lipinski definition) is 6. The van der Waals surface area contributed by atoms with Crippen molar-refractivity contribution in [3.8, 4) is 0 Å². The molecule has 1 atom stereocenters. The number of carbonyl (C=O) groups excluding carboxylic acids is 3. The Balaban J connectivity index is 1.08. The molecule has 5 aliphatic rings. The minimum atomic E-state index is -0.558. The molecule has 8 heteroatoms. The SMILES string of the molecule is O=C1CCC(N2Cc3c(cccc3N3CC4(CCN(CC5CCNCC5)CC4)C3)C2=O)C(=O)N1. The Morgan fingerprint density at radius 2 is 1.76 bits per heavy atom. The van der Waals surface area contributed by atoms with Gasteiger partial charge in [-0.3, -0.25) is 19.7 Å². The number of rotatable bonds is 4. The zero-order valence-electron chi connectivity index (χ0n) is 19.9. The molecule has 0 bridgehead atoms. The monoisotopic (exact) mass is 465 g/mol. The second kappa shape index (κ2) is 8.64. The molecule has 1 aromatic carbocycles. The van der Waals surface area contributed by atoms with Crippen molar-refractivity contribution < 1.29 is 14.4 Å². The molecule has 5 aliphatic heterocycles. The molecule has 0 saturated carbocycles. The Morgan fingerprint density at radius 3 is 2.50 bits per heavy atom. The van der Waals surface area contributed by atoms with Crippen molar-refractivity contribution in [3.63, 3.8) is 0 Å². The predicted molar refractivity (Wildman–Crippen MR) is 128 cm³/mol. The van der Waals surface area contributed by atoms with Crippen molar-refractivity contribution in [1.82, 2.24) is 20.4 Å². The molecule has 34 heavy (non-hydrogen) atoms. The molecule has 0 aliphatic carbocycles. The van der Waals surface area contributed by atoms with E-state index in [-0.39, 0.29) is 24.1 Å². The summed E-state index contributed by atoms with van der Waals surface area (Å²) < 4.78 is 0. The maximum Gasteiger partial charge on any atom is 0.255 e. The van der Waals surface area contributed by atoms with Gasteiger partial charge in [0.1, 0.15) is 6.04 Å². The van der Waals surface area contributed by atoms with E-state index in [9.17, 15) is 14.4 Å². The standard InChI is InChI=1S/C26H35N5O3/c32-23-5-4-22(24(33)28-23)31-15-20-19(25(31)34)2-1-3-21(20)30-16-26(17-30)8-12-29(13-9-26)14-18-6-10-27-11-7-18/h1-3,18,22,27H,4-17H2,(H,28,32,33). The summed E-state index contributed by atoms with van der Waals surface area (Å²) in [6.07, 6.45) is 5.81. The van der Waals surface area contributed by atoms with Gasteiger partial charge in [0.15, 0.2) is 0 Å². The van der Waals surface area contributed by atoms with E-state index in [0.29, 0.717) is 23.9 Å². The number of likely N-dealkylation sites (tertiary alicyclic amines) is 1. The smallest absolute Gasteiger partial charge is 0.255 e. The number of piperidine rings is 3. The molecule has 2 N–H and O–H groups in total. The molecule has 8 nitrogen and oxygen atoms in total. The van der Waals surface area contributed by atoms with Crippen molar-refractivity contribution in [2.24, 2.45) is 11.3 Å². The number of imide groups is 1. The van der Waals surface area contributed by atoms with Crippen LogP contribution in [0, 0.1) is 11.3 Å². The molecule has 6 rings (SSSR count). The fraction of sp³-hybridized carbons (Fsp3) is 0.654. The van der Waals surface area contributed by atoms with E-state index in [0.717, 1.165) is 30.3 Å². The lowest BCUT2D eigenvalue weighted by Gasteiger charge is -2.55. The first-order valence-electron chi connectivity index (χ1n) is 13.0. The lowest BCUT2D eigenvalue weighted by Crippen LogP contribution is -2.61. The van der Waals surface area contributed by atoms with Gasteiger partial charge in [0.05, 0.1) is 0 Å². The van der Waals surface area contributed by atoms with Crippen LogP contribution in [0.3, 0.4) is 0 Å². The summed E-state index contributed by atoms with van der Waals surface area (Å²) in [5.74, 6) is 0.162. The van der Waals surface area contributed by atoms with Crippen LogP contribution in [-0.4, -0.2) is 79.4 Å². The van der Waals surface area contributed by atoms with Gasteiger partial charge in [-0.05, 0) is 76.3 Å². The average molecular weight is 466 g/mol. The van der Waals surface area contributed by atoms with Crippen molar-refractivity contribution in [2.45, 2.75) is 51.1 Å². The molecule has 182 valence electrons. The molecule has 4 fully saturated rings. The van der Waals surface area contributed by atoms with Crippen molar-refractivity contribution in [2.75, 3.05) is 50.7 Å². The van der Waals surface area contributed by atoms with Crippen LogP contribution in [0.1, 0.15) is 54.4 Å². The molecule has 5 heterocycles. The van der Waals surface area contributed by atoms with E-state index in [1.807, 2.05) is 12.1 Å². The number of nitrogens with one attached hydrogen (secondary N) is 2. The number of hydrogen-bond donors (Lipinski definition) is 2. The number of carbonyl (C=O) groups is 3. The van der Waals surface area contributed by atoms with Crippen LogP contribution in [0.2, 0.25) is 0 Å². The number of nitrogens with zero attached hydrogens (tertiary/aromatic N) is 3. The number of amides is 3. The average Bonchev–Trinajstić information content (AvgIpc) is 3.15. The van der Waals surface area contributed by atoms with Crippen molar-refractivity contribution >= 4 is 23.4 Å². The van der Waals surface area contributed by atoms with Gasteiger partial charge < -0.3 is 20.0 Å². The molecule has 1 unspecified atom stereocenters. The normalized spacial score (nSPS) is 27.6. The van der Waals surface area contributed by atoms with E-state index in [1.165, 1.54) is 58.4 Å². The quantitative estimate of drug-likeness (QED) is 0.653. The Bertz CT molecular complexity index is 988. The first kappa shape index (κ1) is 22.0. The summed E-state index contributed by atoms with van der Waals surface area (Å²) in [7, 11) is 0. The third-order valence-electron chi connectivity index (χ3n) is 8.84. The number of benzene rings is 1. The second-order valence-corrected chi connectivity index (χ2v) is 11.1. The van der Waals surface area contributed by atoms with Crippen molar-refractivity contribution in [1.29, 1.82) is 0 Å². The third-order valence-corrected chi connectivity index (χ3v) is 8.84. The summed E-state index contributed by atoms with van der Waals surface area (Å²) in [5, 5.41) is 5.86. The molecule has 0 aromatic heterocycles. The van der Waals surface area contributed by atoms with Crippen LogP contribution in [0.5, 0.6) is 0 Å². The zero-order chi connectivity index (χ0) is 23.3. The minimum absolute atomic E-state index is 0.0900. The molecule has 3 amide bonds. The lowest BCUT2D eigenvalue weighted by molar-refractivity contribution is -0.136. The summed E-state index contributed by atoms with van der Waals surface area (Å²) in [6.45, 7) is 8.55. The molecule has 1 aromatic rings. The zero-order valence-corrected chi connectivity index (χ0v) is 19.9. The van der Waals surface area contributed by atoms with Gasteiger partial charge in [-0.2, -0.15) is 0 Å². The summed E-state index contributed by atoms with van der Waals surface area (Å²) in [6, 6.07) is 5.41.